The molecule has 0 saturated carbocycles. The third kappa shape index (κ3) is 13.2. The maximum Gasteiger partial charge on any atom is 0.264 e. The summed E-state index contributed by atoms with van der Waals surface area (Å²) in [6, 6.07) is 14.9. The molecule has 9 nitrogen and oxygen atoms in total. The van der Waals surface area contributed by atoms with Crippen LogP contribution in [-0.2, 0) is 19.6 Å². The molecule has 1 N–H and O–H groups in total. The van der Waals surface area contributed by atoms with Crippen molar-refractivity contribution in [1.29, 1.82) is 0 Å². The molecule has 0 aromatic heterocycles. The van der Waals surface area contributed by atoms with Gasteiger partial charge in [-0.15, -0.1) is 0 Å². The summed E-state index contributed by atoms with van der Waals surface area (Å²) < 4.78 is 68.6. The number of rotatable bonds is 14. The first kappa shape index (κ1) is 34.0. The minimum Gasteiger partial charge on any atom is -0.487 e. The molecule has 2 aromatic rings. The highest BCUT2D eigenvalue weighted by molar-refractivity contribution is 7.85. The Labute approximate surface area is 251 Å². The second kappa shape index (κ2) is 18.9. The fraction of sp³-hybridized carbons (Fsp3) is 0.625. The lowest BCUT2D eigenvalue weighted by Gasteiger charge is -2.34. The largest absolute Gasteiger partial charge is 0.487 e. The van der Waals surface area contributed by atoms with E-state index in [4.69, 9.17) is 28.4 Å². The normalized spacial score (nSPS) is 16.1. The Bertz CT molecular complexity index is 1070. The third-order valence-corrected chi connectivity index (χ3v) is 7.90. The van der Waals surface area contributed by atoms with Gasteiger partial charge in [0.05, 0.1) is 19.0 Å². The highest BCUT2D eigenvalue weighted by Crippen LogP contribution is 2.32. The van der Waals surface area contributed by atoms with E-state index in [1.165, 1.54) is 32.1 Å². The number of unbranched alkanes of at least 4 members (excludes halogenated alkanes) is 7. The highest BCUT2D eigenvalue weighted by Gasteiger charge is 2.34. The van der Waals surface area contributed by atoms with Gasteiger partial charge in [0.15, 0.2) is 23.0 Å². The maximum atomic E-state index is 11.4. The van der Waals surface area contributed by atoms with Gasteiger partial charge in [-0.05, 0) is 37.1 Å². The fourth-order valence-electron chi connectivity index (χ4n) is 4.77. The standard InChI is InChI=1S/C32H48O9S/c1-2-3-4-5-6-7-8-13-19-32(41-20-14-25-42(33,34)35)26-39-30-17-11-9-15-28(30)37-23-21-36-22-24-38-29-16-10-12-18-31(29)40-27-32/h9-12,15-18H,2-8,13-14,19-27H2,1H3,(H,33,34,35). The SMILES string of the molecule is CCCCCCCCCCC1(OCCCS(=O)(=O)O)COc2ccccc2OCCOCCOc2ccccc2OC1. The van der Waals surface area contributed by atoms with Crippen LogP contribution in [0.25, 0.3) is 0 Å². The van der Waals surface area contributed by atoms with E-state index in [1.54, 1.807) is 0 Å². The molecule has 0 radical (unpaired) electrons. The monoisotopic (exact) mass is 608 g/mol. The van der Waals surface area contributed by atoms with E-state index in [2.05, 4.69) is 6.92 Å². The van der Waals surface area contributed by atoms with Crippen LogP contribution >= 0.6 is 0 Å². The Balaban J connectivity index is 1.81. The van der Waals surface area contributed by atoms with Crippen LogP contribution in [-0.4, -0.2) is 70.6 Å². The maximum absolute atomic E-state index is 11.4. The molecular weight excluding hydrogens is 560 g/mol. The van der Waals surface area contributed by atoms with E-state index < -0.39 is 15.7 Å². The van der Waals surface area contributed by atoms with Crippen LogP contribution in [0.5, 0.6) is 23.0 Å². The number of benzene rings is 2. The van der Waals surface area contributed by atoms with E-state index in [-0.39, 0.29) is 32.0 Å². The van der Waals surface area contributed by atoms with E-state index in [0.717, 1.165) is 19.3 Å². The summed E-state index contributed by atoms with van der Waals surface area (Å²) in [6.07, 6.45) is 10.1. The predicted octanol–water partition coefficient (Wildman–Crippen LogP) is 6.50. The Kier molecular flexibility index (Phi) is 15.3. The number of hydrogen-bond donors (Lipinski definition) is 1. The minimum atomic E-state index is -4.09. The number of ether oxygens (including phenoxy) is 6. The van der Waals surface area contributed by atoms with Crippen LogP contribution in [0.15, 0.2) is 48.5 Å². The summed E-state index contributed by atoms with van der Waals surface area (Å²) in [5.74, 6) is 1.98. The molecule has 0 atom stereocenters. The van der Waals surface area contributed by atoms with Crippen LogP contribution in [0.1, 0.15) is 71.1 Å². The molecule has 1 aliphatic rings. The van der Waals surface area contributed by atoms with Gasteiger partial charge in [0.25, 0.3) is 10.1 Å². The van der Waals surface area contributed by atoms with Crippen LogP contribution in [0.2, 0.25) is 0 Å². The lowest BCUT2D eigenvalue weighted by atomic mass is 9.96. The molecule has 0 fully saturated rings. The van der Waals surface area contributed by atoms with Crippen LogP contribution in [0.4, 0.5) is 0 Å². The molecule has 236 valence electrons. The third-order valence-electron chi connectivity index (χ3n) is 7.09. The zero-order valence-corrected chi connectivity index (χ0v) is 25.8. The van der Waals surface area contributed by atoms with Crippen LogP contribution in [0.3, 0.4) is 0 Å². The number of hydrogen-bond acceptors (Lipinski definition) is 8. The quantitative estimate of drug-likeness (QED) is 0.190. The van der Waals surface area contributed by atoms with Gasteiger partial charge < -0.3 is 28.4 Å². The fourth-order valence-corrected chi connectivity index (χ4v) is 5.25. The first-order valence-corrected chi connectivity index (χ1v) is 16.9. The second-order valence-corrected chi connectivity index (χ2v) is 12.2. The molecule has 0 spiro atoms. The van der Waals surface area contributed by atoms with Crippen LogP contribution < -0.4 is 18.9 Å². The van der Waals surface area contributed by atoms with E-state index >= 15 is 0 Å². The molecule has 10 heteroatoms. The van der Waals surface area contributed by atoms with Crippen molar-refractivity contribution in [3.05, 3.63) is 48.5 Å². The van der Waals surface area contributed by atoms with Gasteiger partial charge in [0.2, 0.25) is 0 Å². The van der Waals surface area contributed by atoms with E-state index in [1.807, 2.05) is 48.5 Å². The molecule has 0 aliphatic carbocycles. The van der Waals surface area contributed by atoms with Crippen molar-refractivity contribution in [2.45, 2.75) is 76.7 Å². The van der Waals surface area contributed by atoms with Crippen molar-refractivity contribution in [3.8, 4) is 23.0 Å². The molecule has 0 saturated heterocycles. The first-order chi connectivity index (χ1) is 20.4. The second-order valence-electron chi connectivity index (χ2n) is 10.7. The smallest absolute Gasteiger partial charge is 0.264 e. The summed E-state index contributed by atoms with van der Waals surface area (Å²) in [5, 5.41) is 0. The van der Waals surface area contributed by atoms with Gasteiger partial charge in [-0.25, -0.2) is 0 Å². The topological polar surface area (TPSA) is 110 Å². The molecule has 1 heterocycles. The molecule has 0 bridgehead atoms. The van der Waals surface area contributed by atoms with Gasteiger partial charge in [-0.3, -0.25) is 4.55 Å². The van der Waals surface area contributed by atoms with Crippen molar-refractivity contribution in [1.82, 2.24) is 0 Å². The highest BCUT2D eigenvalue weighted by atomic mass is 32.2. The number of para-hydroxylation sites is 4. The Morgan fingerprint density at radius 1 is 0.690 bits per heavy atom. The minimum absolute atomic E-state index is 0.122. The van der Waals surface area contributed by atoms with Crippen molar-refractivity contribution >= 4 is 10.1 Å². The molecule has 0 amide bonds. The van der Waals surface area contributed by atoms with Gasteiger partial charge in [0.1, 0.15) is 32.0 Å². The van der Waals surface area contributed by atoms with Gasteiger partial charge in [-0.1, -0.05) is 82.6 Å². The van der Waals surface area contributed by atoms with Gasteiger partial charge in [-0.2, -0.15) is 8.42 Å². The lowest BCUT2D eigenvalue weighted by molar-refractivity contribution is -0.103. The summed E-state index contributed by atoms with van der Waals surface area (Å²) in [7, 11) is -4.09. The molecule has 2 aromatic carbocycles. The van der Waals surface area contributed by atoms with Crippen molar-refractivity contribution < 1.29 is 41.4 Å². The summed E-state index contributed by atoms with van der Waals surface area (Å²) in [4.78, 5) is 0. The van der Waals surface area contributed by atoms with E-state index in [0.29, 0.717) is 55.8 Å². The van der Waals surface area contributed by atoms with Crippen molar-refractivity contribution in [2.24, 2.45) is 0 Å². The lowest BCUT2D eigenvalue weighted by Crippen LogP contribution is -2.45. The van der Waals surface area contributed by atoms with Crippen molar-refractivity contribution in [3.63, 3.8) is 0 Å². The van der Waals surface area contributed by atoms with E-state index in [9.17, 15) is 13.0 Å². The Morgan fingerprint density at radius 3 is 1.67 bits per heavy atom. The summed E-state index contributed by atoms with van der Waals surface area (Å²) >= 11 is 0. The molecule has 1 aliphatic heterocycles. The average Bonchev–Trinajstić information content (AvgIpc) is 2.98. The van der Waals surface area contributed by atoms with Gasteiger partial charge >= 0.3 is 0 Å². The summed E-state index contributed by atoms with van der Waals surface area (Å²) in [6.45, 7) is 4.18. The molecule has 3 rings (SSSR count). The zero-order chi connectivity index (χ0) is 29.9. The molecule has 0 unspecified atom stereocenters. The zero-order valence-electron chi connectivity index (χ0n) is 25.0. The van der Waals surface area contributed by atoms with Gasteiger partial charge in [0, 0.05) is 6.61 Å². The average molecular weight is 609 g/mol. The Hall–Kier alpha value is -2.53. The Morgan fingerprint density at radius 2 is 1.17 bits per heavy atom. The first-order valence-electron chi connectivity index (χ1n) is 15.3. The van der Waals surface area contributed by atoms with Crippen molar-refractivity contribution in [2.75, 3.05) is 52.0 Å². The van der Waals surface area contributed by atoms with Crippen LogP contribution in [0, 0.1) is 0 Å². The molecular formula is C32H48O9S. The summed E-state index contributed by atoms with van der Waals surface area (Å²) in [5.41, 5.74) is -0.887. The predicted molar refractivity (Wildman–Crippen MR) is 163 cm³/mol. The molecule has 42 heavy (non-hydrogen) atoms. The number of fused-ring (bicyclic) bond motifs is 2.